The maximum absolute atomic E-state index is 12.5. The summed E-state index contributed by atoms with van der Waals surface area (Å²) in [7, 11) is 5.75. The van der Waals surface area contributed by atoms with Gasteiger partial charge in [0.25, 0.3) is 0 Å². The highest BCUT2D eigenvalue weighted by Crippen LogP contribution is 2.59. The Morgan fingerprint density at radius 3 is 2.63 bits per heavy atom. The third kappa shape index (κ3) is 5.07. The molecule has 2 unspecified atom stereocenters. The predicted molar refractivity (Wildman–Crippen MR) is 115 cm³/mol. The molecule has 7 nitrogen and oxygen atoms in total. The van der Waals surface area contributed by atoms with Crippen LogP contribution in [0.25, 0.3) is 0 Å². The number of esters is 1. The van der Waals surface area contributed by atoms with Gasteiger partial charge in [-0.15, -0.1) is 0 Å². The van der Waals surface area contributed by atoms with Gasteiger partial charge in [0.1, 0.15) is 23.4 Å². The number of nitrogens with zero attached hydrogens (tertiary/aromatic N) is 1. The second-order valence-electron chi connectivity index (χ2n) is 9.85. The summed E-state index contributed by atoms with van der Waals surface area (Å²) in [5, 5.41) is 3.19. The maximum atomic E-state index is 12.5. The first-order valence-electron chi connectivity index (χ1n) is 11.2. The van der Waals surface area contributed by atoms with Crippen LogP contribution in [0, 0.1) is 5.92 Å². The minimum absolute atomic E-state index is 0.0545. The van der Waals surface area contributed by atoms with Crippen LogP contribution in [0.3, 0.4) is 0 Å². The molecule has 2 aliphatic heterocycles. The Bertz CT molecular complexity index is 644. The summed E-state index contributed by atoms with van der Waals surface area (Å²) in [6, 6.07) is 0.347. The Labute approximate surface area is 181 Å². The van der Waals surface area contributed by atoms with Gasteiger partial charge in [-0.05, 0) is 61.1 Å². The van der Waals surface area contributed by atoms with Crippen LogP contribution >= 0.6 is 0 Å². The lowest BCUT2D eigenvalue weighted by Crippen LogP contribution is -2.56. The molecule has 2 heterocycles. The molecule has 0 aromatic heterocycles. The molecule has 30 heavy (non-hydrogen) atoms. The Hall–Kier alpha value is -0.990. The first kappa shape index (κ1) is 23.7. The molecule has 1 aliphatic carbocycles. The van der Waals surface area contributed by atoms with Gasteiger partial charge in [-0.1, -0.05) is 11.6 Å². The van der Waals surface area contributed by atoms with Crippen molar-refractivity contribution in [3.8, 4) is 0 Å². The van der Waals surface area contributed by atoms with Gasteiger partial charge >= 0.3 is 5.97 Å². The molecular formula is C23H40N2O5. The van der Waals surface area contributed by atoms with Gasteiger partial charge in [0.05, 0.1) is 25.2 Å². The number of allylic oxidation sites excluding steroid dienone is 1. The third-order valence-electron chi connectivity index (χ3n) is 7.11. The van der Waals surface area contributed by atoms with Gasteiger partial charge in [-0.25, -0.2) is 0 Å². The lowest BCUT2D eigenvalue weighted by atomic mass is 9.68. The average Bonchev–Trinajstić information content (AvgIpc) is 3.59. The first-order chi connectivity index (χ1) is 14.1. The summed E-state index contributed by atoms with van der Waals surface area (Å²) >= 11 is 0. The summed E-state index contributed by atoms with van der Waals surface area (Å²) in [6.07, 6.45) is 4.38. The minimum atomic E-state index is -0.312. The number of methoxy groups -OCH3 is 1. The molecule has 2 saturated heterocycles. The van der Waals surface area contributed by atoms with Crippen LogP contribution in [0.1, 0.15) is 47.0 Å². The predicted octanol–water partition coefficient (Wildman–Crippen LogP) is 2.15. The van der Waals surface area contributed by atoms with Crippen molar-refractivity contribution in [3.63, 3.8) is 0 Å². The maximum Gasteiger partial charge on any atom is 0.320 e. The largest absolute Gasteiger partial charge is 0.459 e. The number of carbonyl (C=O) groups excluding carboxylic acids is 1. The molecule has 1 spiro atoms. The van der Waals surface area contributed by atoms with Gasteiger partial charge in [0, 0.05) is 19.7 Å². The summed E-state index contributed by atoms with van der Waals surface area (Å²) < 4.78 is 24.0. The zero-order valence-electron chi connectivity index (χ0n) is 19.7. The van der Waals surface area contributed by atoms with Crippen LogP contribution in [0.2, 0.25) is 0 Å². The average molecular weight is 425 g/mol. The number of rotatable bonds is 10. The van der Waals surface area contributed by atoms with E-state index in [1.165, 1.54) is 5.57 Å². The first-order valence-corrected chi connectivity index (χ1v) is 11.2. The zero-order chi connectivity index (χ0) is 22.1. The van der Waals surface area contributed by atoms with Crippen LogP contribution in [-0.2, 0) is 23.7 Å². The van der Waals surface area contributed by atoms with Gasteiger partial charge in [-0.2, -0.15) is 0 Å². The molecule has 3 fully saturated rings. The number of hydrogen-bond acceptors (Lipinski definition) is 7. The van der Waals surface area contributed by atoms with Gasteiger partial charge in [0.15, 0.2) is 0 Å². The SMILES string of the molecule is CO[C@@H]1[C@H](OC(=O)CNCC(C)N(C)C)CC[C@]2(CO2)[C@H]1[C@@]1(C)OC1CC=C(C)C. The number of hydrogen-bond donors (Lipinski definition) is 1. The van der Waals surface area contributed by atoms with Crippen molar-refractivity contribution in [1.82, 2.24) is 10.2 Å². The van der Waals surface area contributed by atoms with Crippen molar-refractivity contribution < 1.29 is 23.7 Å². The number of likely N-dealkylation sites (N-methyl/N-ethyl adjacent to an activating group) is 1. The molecule has 0 aromatic carbocycles. The van der Waals surface area contributed by atoms with Crippen LogP contribution in [0.5, 0.6) is 0 Å². The molecule has 172 valence electrons. The fraction of sp³-hybridized carbons (Fsp3) is 0.870. The van der Waals surface area contributed by atoms with Crippen LogP contribution in [-0.4, -0.2) is 87.3 Å². The van der Waals surface area contributed by atoms with Crippen molar-refractivity contribution in [1.29, 1.82) is 0 Å². The Kier molecular flexibility index (Phi) is 7.30. The van der Waals surface area contributed by atoms with E-state index < -0.39 is 0 Å². The summed E-state index contributed by atoms with van der Waals surface area (Å²) in [5.41, 5.74) is 0.783. The lowest BCUT2D eigenvalue weighted by molar-refractivity contribution is -0.170. The lowest BCUT2D eigenvalue weighted by Gasteiger charge is -2.42. The van der Waals surface area contributed by atoms with E-state index in [0.717, 1.165) is 32.4 Å². The van der Waals surface area contributed by atoms with Crippen molar-refractivity contribution in [3.05, 3.63) is 11.6 Å². The monoisotopic (exact) mass is 424 g/mol. The van der Waals surface area contributed by atoms with E-state index in [4.69, 9.17) is 18.9 Å². The molecule has 0 bridgehead atoms. The summed E-state index contributed by atoms with van der Waals surface area (Å²) in [6.45, 7) is 10.1. The van der Waals surface area contributed by atoms with E-state index in [1.807, 2.05) is 14.1 Å². The van der Waals surface area contributed by atoms with E-state index in [-0.39, 0.29) is 47.9 Å². The number of epoxide rings is 2. The smallest absolute Gasteiger partial charge is 0.320 e. The fourth-order valence-corrected chi connectivity index (χ4v) is 4.85. The minimum Gasteiger partial charge on any atom is -0.459 e. The van der Waals surface area contributed by atoms with Gasteiger partial charge < -0.3 is 29.2 Å². The molecular weight excluding hydrogens is 384 g/mol. The number of carbonyl (C=O) groups is 1. The van der Waals surface area contributed by atoms with E-state index in [1.54, 1.807) is 7.11 Å². The standard InChI is InChI=1S/C23H40N2O5/c1-15(2)8-9-18-22(4,30-18)21-20(27-7)17(10-11-23(21)14-28-23)29-19(26)13-24-12-16(3)25(5)6/h8,16-18,20-21,24H,9-14H2,1-7H3/t16?,17-,18?,20-,21-,22+,23+/m1/s1. The molecule has 0 aromatic rings. The zero-order valence-corrected chi connectivity index (χ0v) is 19.7. The Morgan fingerprint density at radius 2 is 2.07 bits per heavy atom. The highest BCUT2D eigenvalue weighted by atomic mass is 16.6. The molecule has 1 saturated carbocycles. The second-order valence-corrected chi connectivity index (χ2v) is 9.85. The van der Waals surface area contributed by atoms with Crippen molar-refractivity contribution in [2.45, 2.75) is 82.5 Å². The van der Waals surface area contributed by atoms with Crippen molar-refractivity contribution >= 4 is 5.97 Å². The van der Waals surface area contributed by atoms with Crippen molar-refractivity contribution in [2.24, 2.45) is 5.92 Å². The topological polar surface area (TPSA) is 75.9 Å². The molecule has 7 atom stereocenters. The number of ether oxygens (including phenoxy) is 4. The molecule has 0 amide bonds. The van der Waals surface area contributed by atoms with Gasteiger partial charge in [-0.3, -0.25) is 4.79 Å². The Balaban J connectivity index is 1.61. The quantitative estimate of drug-likeness (QED) is 0.327. The Morgan fingerprint density at radius 1 is 1.37 bits per heavy atom. The number of nitrogens with one attached hydrogen (secondary N) is 1. The molecule has 3 rings (SSSR count). The third-order valence-corrected chi connectivity index (χ3v) is 7.11. The highest BCUT2D eigenvalue weighted by Gasteiger charge is 2.72. The summed E-state index contributed by atoms with van der Waals surface area (Å²) in [5.74, 6) is -0.179. The van der Waals surface area contributed by atoms with Crippen molar-refractivity contribution in [2.75, 3.05) is 40.9 Å². The van der Waals surface area contributed by atoms with E-state index >= 15 is 0 Å². The van der Waals surface area contributed by atoms with Crippen LogP contribution in [0.4, 0.5) is 0 Å². The van der Waals surface area contributed by atoms with Gasteiger partial charge in [0.2, 0.25) is 0 Å². The second kappa shape index (κ2) is 9.25. The van der Waals surface area contributed by atoms with Crippen LogP contribution < -0.4 is 5.32 Å². The summed E-state index contributed by atoms with van der Waals surface area (Å²) in [4.78, 5) is 14.6. The highest BCUT2D eigenvalue weighted by molar-refractivity contribution is 5.71. The van der Waals surface area contributed by atoms with Crippen LogP contribution in [0.15, 0.2) is 11.6 Å². The van der Waals surface area contributed by atoms with E-state index in [2.05, 4.69) is 44.0 Å². The normalized spacial score (nSPS) is 38.4. The molecule has 0 radical (unpaired) electrons. The fourth-order valence-electron chi connectivity index (χ4n) is 4.85. The molecule has 1 N–H and O–H groups in total. The van der Waals surface area contributed by atoms with E-state index in [0.29, 0.717) is 6.04 Å². The molecule has 7 heteroatoms. The van der Waals surface area contributed by atoms with E-state index in [9.17, 15) is 4.79 Å². The molecule has 3 aliphatic rings.